The van der Waals surface area contributed by atoms with Crippen molar-refractivity contribution >= 4 is 23.2 Å². The van der Waals surface area contributed by atoms with E-state index in [0.29, 0.717) is 16.9 Å². The maximum absolute atomic E-state index is 12.0. The average Bonchev–Trinajstić information content (AvgIpc) is 3.11. The minimum Gasteiger partial charge on any atom is -0.399 e. The number of nitrogen functional groups attached to an aromatic ring is 2. The Morgan fingerprint density at radius 2 is 1.79 bits per heavy atom. The lowest BCUT2D eigenvalue weighted by Gasteiger charge is -2.14. The van der Waals surface area contributed by atoms with Crippen LogP contribution in [0.2, 0.25) is 0 Å². The van der Waals surface area contributed by atoms with Crippen molar-refractivity contribution < 1.29 is 9.59 Å². The Hall–Kier alpha value is -2.24. The average molecular weight is 262 g/mol. The second-order valence-corrected chi connectivity index (χ2v) is 4.87. The van der Waals surface area contributed by atoms with Crippen molar-refractivity contribution in [2.45, 2.75) is 31.8 Å². The lowest BCUT2D eigenvalue weighted by atomic mass is 10.1. The zero-order valence-electron chi connectivity index (χ0n) is 10.8. The molecule has 0 aliphatic heterocycles. The molecule has 0 bridgehead atoms. The van der Waals surface area contributed by atoms with Gasteiger partial charge in [0.05, 0.1) is 0 Å². The second kappa shape index (κ2) is 5.17. The van der Waals surface area contributed by atoms with E-state index in [-0.39, 0.29) is 17.9 Å². The number of nitrogens with one attached hydrogen (secondary N) is 2. The van der Waals surface area contributed by atoms with Gasteiger partial charge in [-0.1, -0.05) is 0 Å². The first kappa shape index (κ1) is 13.2. The lowest BCUT2D eigenvalue weighted by Crippen LogP contribution is -2.45. The van der Waals surface area contributed by atoms with E-state index in [1.54, 1.807) is 13.0 Å². The summed E-state index contributed by atoms with van der Waals surface area (Å²) in [7, 11) is 0. The Morgan fingerprint density at radius 3 is 2.32 bits per heavy atom. The molecule has 1 aromatic carbocycles. The summed E-state index contributed by atoms with van der Waals surface area (Å²) in [5.74, 6) is -0.537. The fourth-order valence-electron chi connectivity index (χ4n) is 1.71. The zero-order chi connectivity index (χ0) is 14.0. The topological polar surface area (TPSA) is 110 Å². The highest BCUT2D eigenvalue weighted by Gasteiger charge is 2.26. The van der Waals surface area contributed by atoms with Crippen LogP contribution < -0.4 is 22.1 Å². The summed E-state index contributed by atoms with van der Waals surface area (Å²) in [6.45, 7) is 1.64. The summed E-state index contributed by atoms with van der Waals surface area (Å²) in [4.78, 5) is 23.7. The summed E-state index contributed by atoms with van der Waals surface area (Å²) in [6.07, 6.45) is 2.02. The summed E-state index contributed by atoms with van der Waals surface area (Å²) >= 11 is 0. The van der Waals surface area contributed by atoms with Gasteiger partial charge in [-0.3, -0.25) is 9.59 Å². The smallest absolute Gasteiger partial charge is 0.252 e. The van der Waals surface area contributed by atoms with Crippen LogP contribution in [-0.4, -0.2) is 23.9 Å². The molecule has 0 spiro atoms. The highest BCUT2D eigenvalue weighted by Crippen LogP contribution is 2.18. The van der Waals surface area contributed by atoms with E-state index in [1.807, 2.05) is 0 Å². The quantitative estimate of drug-likeness (QED) is 0.583. The first-order chi connectivity index (χ1) is 8.95. The number of nitrogens with two attached hydrogens (primary N) is 2. The van der Waals surface area contributed by atoms with Gasteiger partial charge in [0.25, 0.3) is 5.91 Å². The maximum Gasteiger partial charge on any atom is 0.252 e. The van der Waals surface area contributed by atoms with Crippen LogP contribution in [0.5, 0.6) is 0 Å². The van der Waals surface area contributed by atoms with Crippen molar-refractivity contribution in [1.82, 2.24) is 10.6 Å². The number of hydrogen-bond donors (Lipinski definition) is 4. The van der Waals surface area contributed by atoms with Crippen LogP contribution in [-0.2, 0) is 4.79 Å². The molecule has 0 radical (unpaired) electrons. The molecule has 1 unspecified atom stereocenters. The Kier molecular flexibility index (Phi) is 3.59. The minimum absolute atomic E-state index is 0.173. The van der Waals surface area contributed by atoms with Gasteiger partial charge in [-0.2, -0.15) is 0 Å². The molecule has 1 aliphatic rings. The number of carbonyl (C=O) groups excluding carboxylic acids is 2. The molecule has 102 valence electrons. The predicted octanol–water partition coefficient (Wildman–Crippen LogP) is 0.248. The molecule has 0 heterocycles. The Bertz CT molecular complexity index is 491. The molecule has 1 saturated carbocycles. The van der Waals surface area contributed by atoms with Gasteiger partial charge in [0, 0.05) is 23.0 Å². The van der Waals surface area contributed by atoms with Crippen LogP contribution in [0.1, 0.15) is 30.1 Å². The number of anilines is 2. The van der Waals surface area contributed by atoms with Crippen molar-refractivity contribution in [2.24, 2.45) is 0 Å². The third-order valence-corrected chi connectivity index (χ3v) is 2.90. The number of hydrogen-bond acceptors (Lipinski definition) is 4. The molecule has 6 N–H and O–H groups in total. The van der Waals surface area contributed by atoms with Gasteiger partial charge in [-0.05, 0) is 38.0 Å². The van der Waals surface area contributed by atoms with Crippen LogP contribution in [0, 0.1) is 0 Å². The van der Waals surface area contributed by atoms with Gasteiger partial charge in [0.1, 0.15) is 6.04 Å². The molecular weight excluding hydrogens is 244 g/mol. The van der Waals surface area contributed by atoms with E-state index in [4.69, 9.17) is 11.5 Å². The number of benzene rings is 1. The first-order valence-corrected chi connectivity index (χ1v) is 6.23. The minimum atomic E-state index is -0.587. The predicted molar refractivity (Wildman–Crippen MR) is 73.4 cm³/mol. The van der Waals surface area contributed by atoms with Gasteiger partial charge in [0.15, 0.2) is 0 Å². The van der Waals surface area contributed by atoms with Crippen LogP contribution in [0.15, 0.2) is 18.2 Å². The first-order valence-electron chi connectivity index (χ1n) is 6.23. The Morgan fingerprint density at radius 1 is 1.21 bits per heavy atom. The molecule has 6 nitrogen and oxygen atoms in total. The molecule has 1 aliphatic carbocycles. The van der Waals surface area contributed by atoms with Crippen LogP contribution in [0.25, 0.3) is 0 Å². The van der Waals surface area contributed by atoms with E-state index in [1.165, 1.54) is 12.1 Å². The molecule has 19 heavy (non-hydrogen) atoms. The van der Waals surface area contributed by atoms with Gasteiger partial charge >= 0.3 is 0 Å². The Labute approximate surface area is 111 Å². The van der Waals surface area contributed by atoms with Gasteiger partial charge < -0.3 is 22.1 Å². The molecule has 2 amide bonds. The summed E-state index contributed by atoms with van der Waals surface area (Å²) in [5.41, 5.74) is 12.4. The fraction of sp³-hybridized carbons (Fsp3) is 0.385. The highest BCUT2D eigenvalue weighted by molar-refractivity contribution is 5.98. The summed E-state index contributed by atoms with van der Waals surface area (Å²) in [5, 5.41) is 5.45. The van der Waals surface area contributed by atoms with E-state index in [9.17, 15) is 9.59 Å². The number of rotatable bonds is 4. The maximum atomic E-state index is 12.0. The van der Waals surface area contributed by atoms with Crippen molar-refractivity contribution in [3.63, 3.8) is 0 Å². The molecule has 1 fully saturated rings. The standard InChI is InChI=1S/C13H18N4O2/c1-7(12(18)17-11-2-3-11)16-13(19)8-4-9(14)6-10(15)5-8/h4-7,11H,2-3,14-15H2,1H3,(H,16,19)(H,17,18). The third kappa shape index (κ3) is 3.61. The van der Waals surface area contributed by atoms with Crippen molar-refractivity contribution in [2.75, 3.05) is 11.5 Å². The van der Waals surface area contributed by atoms with Crippen molar-refractivity contribution in [3.8, 4) is 0 Å². The molecule has 6 heteroatoms. The number of carbonyl (C=O) groups is 2. The van der Waals surface area contributed by atoms with E-state index < -0.39 is 6.04 Å². The molecular formula is C13H18N4O2. The molecule has 1 atom stereocenters. The normalized spacial score (nSPS) is 15.6. The van der Waals surface area contributed by atoms with Crippen LogP contribution in [0.3, 0.4) is 0 Å². The van der Waals surface area contributed by atoms with E-state index in [2.05, 4.69) is 10.6 Å². The van der Waals surface area contributed by atoms with Crippen LogP contribution >= 0.6 is 0 Å². The van der Waals surface area contributed by atoms with E-state index in [0.717, 1.165) is 12.8 Å². The van der Waals surface area contributed by atoms with Crippen molar-refractivity contribution in [1.29, 1.82) is 0 Å². The molecule has 2 rings (SSSR count). The van der Waals surface area contributed by atoms with Gasteiger partial charge in [0.2, 0.25) is 5.91 Å². The monoisotopic (exact) mass is 262 g/mol. The second-order valence-electron chi connectivity index (χ2n) is 4.87. The van der Waals surface area contributed by atoms with Gasteiger partial charge in [-0.15, -0.1) is 0 Å². The Balaban J connectivity index is 1.97. The summed E-state index contributed by atoms with van der Waals surface area (Å²) < 4.78 is 0. The third-order valence-electron chi connectivity index (χ3n) is 2.90. The zero-order valence-corrected chi connectivity index (χ0v) is 10.8. The highest BCUT2D eigenvalue weighted by atomic mass is 16.2. The SMILES string of the molecule is CC(NC(=O)c1cc(N)cc(N)c1)C(=O)NC1CC1. The molecule has 0 saturated heterocycles. The number of amides is 2. The van der Waals surface area contributed by atoms with Crippen molar-refractivity contribution in [3.05, 3.63) is 23.8 Å². The van der Waals surface area contributed by atoms with Gasteiger partial charge in [-0.25, -0.2) is 0 Å². The molecule has 0 aromatic heterocycles. The largest absolute Gasteiger partial charge is 0.399 e. The molecule has 1 aromatic rings. The summed E-state index contributed by atoms with van der Waals surface area (Å²) in [6, 6.07) is 4.31. The lowest BCUT2D eigenvalue weighted by molar-refractivity contribution is -0.122. The van der Waals surface area contributed by atoms with E-state index >= 15 is 0 Å². The van der Waals surface area contributed by atoms with Crippen LogP contribution in [0.4, 0.5) is 11.4 Å². The fourth-order valence-corrected chi connectivity index (χ4v) is 1.71.